The highest BCUT2D eigenvalue weighted by Crippen LogP contribution is 2.49. The van der Waals surface area contributed by atoms with Gasteiger partial charge in [0.2, 0.25) is 0 Å². The molecule has 0 aromatic carbocycles. The van der Waals surface area contributed by atoms with E-state index in [0.29, 0.717) is 18.3 Å². The third kappa shape index (κ3) is 1.60. The summed E-state index contributed by atoms with van der Waals surface area (Å²) in [6, 6.07) is 0. The lowest BCUT2D eigenvalue weighted by Crippen LogP contribution is -2.20. The van der Waals surface area contributed by atoms with Crippen LogP contribution in [0.5, 0.6) is 0 Å². The highest BCUT2D eigenvalue weighted by atomic mass is 16.6. The van der Waals surface area contributed by atoms with E-state index in [1.807, 2.05) is 0 Å². The first kappa shape index (κ1) is 8.21. The van der Waals surface area contributed by atoms with Crippen molar-refractivity contribution in [3.8, 4) is 0 Å². The Balaban J connectivity index is 1.59. The summed E-state index contributed by atoms with van der Waals surface area (Å²) in [5.41, 5.74) is 0.136. The molecule has 3 unspecified atom stereocenters. The molecule has 0 N–H and O–H groups in total. The highest BCUT2D eigenvalue weighted by molar-refractivity contribution is 5.07. The lowest BCUT2D eigenvalue weighted by Gasteiger charge is -2.08. The van der Waals surface area contributed by atoms with Gasteiger partial charge in [-0.1, -0.05) is 6.92 Å². The van der Waals surface area contributed by atoms with Crippen molar-refractivity contribution >= 4 is 0 Å². The minimum absolute atomic E-state index is 0.136. The molecule has 3 heteroatoms. The van der Waals surface area contributed by atoms with Crippen LogP contribution in [0.4, 0.5) is 0 Å². The fourth-order valence-corrected chi connectivity index (χ4v) is 2.29. The standard InChI is InChI=1S/C10H16O3/c1-2-9-10(13-9,3-7-5-11-7)4-8-6-12-8/h7-9H,2-6H2,1H3. The maximum absolute atomic E-state index is 5.80. The van der Waals surface area contributed by atoms with Crippen molar-refractivity contribution in [2.45, 2.75) is 50.1 Å². The fraction of sp³-hybridized carbons (Fsp3) is 1.00. The third-order valence-electron chi connectivity index (χ3n) is 3.23. The van der Waals surface area contributed by atoms with E-state index in [9.17, 15) is 0 Å². The summed E-state index contributed by atoms with van der Waals surface area (Å²) >= 11 is 0. The molecule has 3 heterocycles. The lowest BCUT2D eigenvalue weighted by atomic mass is 9.93. The first-order valence-corrected chi connectivity index (χ1v) is 5.23. The Morgan fingerprint density at radius 2 is 1.69 bits per heavy atom. The van der Waals surface area contributed by atoms with Gasteiger partial charge in [0.05, 0.1) is 37.1 Å². The molecule has 0 aliphatic carbocycles. The van der Waals surface area contributed by atoms with Gasteiger partial charge < -0.3 is 14.2 Å². The van der Waals surface area contributed by atoms with Crippen molar-refractivity contribution in [1.29, 1.82) is 0 Å². The molecule has 13 heavy (non-hydrogen) atoms. The number of rotatable bonds is 5. The summed E-state index contributed by atoms with van der Waals surface area (Å²) < 4.78 is 16.3. The molecular formula is C10H16O3. The Morgan fingerprint density at radius 1 is 1.15 bits per heavy atom. The summed E-state index contributed by atoms with van der Waals surface area (Å²) in [7, 11) is 0. The number of ether oxygens (including phenoxy) is 3. The van der Waals surface area contributed by atoms with Gasteiger partial charge in [-0.15, -0.1) is 0 Å². The molecule has 3 nitrogen and oxygen atoms in total. The van der Waals surface area contributed by atoms with Crippen LogP contribution in [0, 0.1) is 0 Å². The van der Waals surface area contributed by atoms with Crippen molar-refractivity contribution in [3.63, 3.8) is 0 Å². The monoisotopic (exact) mass is 184 g/mol. The fourth-order valence-electron chi connectivity index (χ4n) is 2.29. The van der Waals surface area contributed by atoms with E-state index in [4.69, 9.17) is 14.2 Å². The van der Waals surface area contributed by atoms with E-state index in [2.05, 4.69) is 6.92 Å². The summed E-state index contributed by atoms with van der Waals surface area (Å²) in [6.45, 7) is 4.06. The molecule has 0 amide bonds. The topological polar surface area (TPSA) is 37.6 Å². The summed E-state index contributed by atoms with van der Waals surface area (Å²) in [5.74, 6) is 0. The predicted octanol–water partition coefficient (Wildman–Crippen LogP) is 1.11. The van der Waals surface area contributed by atoms with Gasteiger partial charge in [-0.2, -0.15) is 0 Å². The molecule has 3 rings (SSSR count). The molecular weight excluding hydrogens is 168 g/mol. The summed E-state index contributed by atoms with van der Waals surface area (Å²) in [4.78, 5) is 0. The van der Waals surface area contributed by atoms with Crippen molar-refractivity contribution in [2.75, 3.05) is 13.2 Å². The van der Waals surface area contributed by atoms with Crippen molar-refractivity contribution < 1.29 is 14.2 Å². The number of hydrogen-bond donors (Lipinski definition) is 0. The minimum Gasteiger partial charge on any atom is -0.373 e. The van der Waals surface area contributed by atoms with Crippen LogP contribution in [0.1, 0.15) is 26.2 Å². The van der Waals surface area contributed by atoms with Gasteiger partial charge in [-0.25, -0.2) is 0 Å². The molecule has 0 spiro atoms. The second kappa shape index (κ2) is 2.69. The molecule has 3 fully saturated rings. The molecule has 3 aliphatic heterocycles. The van der Waals surface area contributed by atoms with Gasteiger partial charge in [0.25, 0.3) is 0 Å². The van der Waals surface area contributed by atoms with Crippen LogP contribution in [0.2, 0.25) is 0 Å². The normalized spacial score (nSPS) is 51.9. The number of epoxide rings is 3. The Bertz CT molecular complexity index is 194. The van der Waals surface area contributed by atoms with E-state index in [0.717, 1.165) is 32.5 Å². The van der Waals surface area contributed by atoms with Crippen LogP contribution < -0.4 is 0 Å². The molecule has 0 saturated carbocycles. The molecule has 0 bridgehead atoms. The van der Waals surface area contributed by atoms with Crippen LogP contribution in [0.15, 0.2) is 0 Å². The maximum atomic E-state index is 5.80. The molecule has 3 saturated heterocycles. The third-order valence-corrected chi connectivity index (χ3v) is 3.23. The van der Waals surface area contributed by atoms with Gasteiger partial charge in [0.1, 0.15) is 0 Å². The predicted molar refractivity (Wildman–Crippen MR) is 46.6 cm³/mol. The maximum Gasteiger partial charge on any atom is 0.0999 e. The Hall–Kier alpha value is -0.120. The first-order chi connectivity index (χ1) is 6.32. The van der Waals surface area contributed by atoms with E-state index in [-0.39, 0.29) is 5.60 Å². The Morgan fingerprint density at radius 3 is 2.00 bits per heavy atom. The van der Waals surface area contributed by atoms with Crippen molar-refractivity contribution in [2.24, 2.45) is 0 Å². The molecule has 3 aliphatic rings. The van der Waals surface area contributed by atoms with E-state index in [1.165, 1.54) is 0 Å². The van der Waals surface area contributed by atoms with Crippen LogP contribution in [-0.2, 0) is 14.2 Å². The van der Waals surface area contributed by atoms with Crippen molar-refractivity contribution in [1.82, 2.24) is 0 Å². The molecule has 0 aromatic heterocycles. The second-order valence-electron chi connectivity index (χ2n) is 4.40. The van der Waals surface area contributed by atoms with Crippen molar-refractivity contribution in [3.05, 3.63) is 0 Å². The Labute approximate surface area is 78.3 Å². The van der Waals surface area contributed by atoms with Crippen LogP contribution in [0.3, 0.4) is 0 Å². The van der Waals surface area contributed by atoms with E-state index >= 15 is 0 Å². The largest absolute Gasteiger partial charge is 0.373 e. The first-order valence-electron chi connectivity index (χ1n) is 5.23. The van der Waals surface area contributed by atoms with Crippen LogP contribution >= 0.6 is 0 Å². The minimum atomic E-state index is 0.136. The smallest absolute Gasteiger partial charge is 0.0999 e. The molecule has 3 atom stereocenters. The van der Waals surface area contributed by atoms with E-state index < -0.39 is 0 Å². The van der Waals surface area contributed by atoms with Gasteiger partial charge in [-0.05, 0) is 6.42 Å². The molecule has 0 aromatic rings. The van der Waals surface area contributed by atoms with Gasteiger partial charge in [0.15, 0.2) is 0 Å². The zero-order valence-corrected chi connectivity index (χ0v) is 7.99. The zero-order chi connectivity index (χ0) is 8.89. The summed E-state index contributed by atoms with van der Waals surface area (Å²) in [6.07, 6.45) is 4.74. The van der Waals surface area contributed by atoms with Gasteiger partial charge in [0, 0.05) is 12.8 Å². The van der Waals surface area contributed by atoms with Gasteiger partial charge in [-0.3, -0.25) is 0 Å². The molecule has 0 radical (unpaired) electrons. The average molecular weight is 184 g/mol. The average Bonchev–Trinajstić information content (AvgIpc) is 2.85. The quantitative estimate of drug-likeness (QED) is 0.601. The lowest BCUT2D eigenvalue weighted by molar-refractivity contribution is 0.226. The molecule has 74 valence electrons. The van der Waals surface area contributed by atoms with E-state index in [1.54, 1.807) is 0 Å². The number of hydrogen-bond acceptors (Lipinski definition) is 3. The van der Waals surface area contributed by atoms with Gasteiger partial charge >= 0.3 is 0 Å². The van der Waals surface area contributed by atoms with Crippen LogP contribution in [0.25, 0.3) is 0 Å². The Kier molecular flexibility index (Phi) is 1.70. The second-order valence-corrected chi connectivity index (χ2v) is 4.40. The van der Waals surface area contributed by atoms with Crippen LogP contribution in [-0.4, -0.2) is 37.1 Å². The zero-order valence-electron chi connectivity index (χ0n) is 7.99. The highest BCUT2D eigenvalue weighted by Gasteiger charge is 2.59. The SMILES string of the molecule is CCC1OC1(CC1CO1)CC1CO1. The summed E-state index contributed by atoms with van der Waals surface area (Å²) in [5, 5.41) is 0.